The van der Waals surface area contributed by atoms with Crippen LogP contribution in [0.1, 0.15) is 28.2 Å². The van der Waals surface area contributed by atoms with Gasteiger partial charge in [-0.3, -0.25) is 15.1 Å². The molecular weight excluding hydrogens is 363 g/mol. The lowest BCUT2D eigenvalue weighted by Gasteiger charge is -2.17. The summed E-state index contributed by atoms with van der Waals surface area (Å²) in [5, 5.41) is 3.34. The molecule has 4 rings (SSSR count). The van der Waals surface area contributed by atoms with Crippen LogP contribution in [0.5, 0.6) is 0 Å². The normalized spacial score (nSPS) is 13.8. The first kappa shape index (κ1) is 17.6. The highest BCUT2D eigenvalue weighted by atomic mass is 32.1. The van der Waals surface area contributed by atoms with Crippen molar-refractivity contribution in [1.29, 1.82) is 0 Å². The molecule has 138 valence electrons. The number of halogens is 1. The van der Waals surface area contributed by atoms with Crippen molar-refractivity contribution in [2.75, 3.05) is 23.3 Å². The van der Waals surface area contributed by atoms with Crippen molar-refractivity contribution in [1.82, 2.24) is 9.97 Å². The van der Waals surface area contributed by atoms with Gasteiger partial charge < -0.3 is 4.90 Å². The second kappa shape index (κ2) is 7.44. The molecule has 2 aromatic heterocycles. The third-order valence-electron chi connectivity index (χ3n) is 4.58. The highest BCUT2D eigenvalue weighted by Crippen LogP contribution is 2.30. The summed E-state index contributed by atoms with van der Waals surface area (Å²) in [6.45, 7) is 3.95. The zero-order chi connectivity index (χ0) is 18.8. The zero-order valence-corrected chi connectivity index (χ0v) is 15.7. The fourth-order valence-electron chi connectivity index (χ4n) is 3.20. The quantitative estimate of drug-likeness (QED) is 0.722. The topological polar surface area (TPSA) is 58.1 Å². The molecule has 5 nitrogen and oxygen atoms in total. The molecule has 1 saturated heterocycles. The van der Waals surface area contributed by atoms with Crippen molar-refractivity contribution in [3.63, 3.8) is 0 Å². The number of nitrogens with zero attached hydrogens (tertiary/aromatic N) is 3. The molecule has 7 heteroatoms. The Balaban J connectivity index is 1.52. The fourth-order valence-corrected chi connectivity index (χ4v) is 4.03. The highest BCUT2D eigenvalue weighted by molar-refractivity contribution is 7.16. The molecule has 1 fully saturated rings. The number of benzene rings is 1. The lowest BCUT2D eigenvalue weighted by molar-refractivity contribution is 0.102. The molecule has 1 aliphatic heterocycles. The first-order chi connectivity index (χ1) is 13.1. The third-order valence-corrected chi connectivity index (χ3v) is 5.47. The zero-order valence-electron chi connectivity index (χ0n) is 14.9. The van der Waals surface area contributed by atoms with Crippen LogP contribution in [0.2, 0.25) is 0 Å². The van der Waals surface area contributed by atoms with Gasteiger partial charge in [-0.15, -0.1) is 11.3 Å². The molecule has 3 aromatic rings. The van der Waals surface area contributed by atoms with Crippen LogP contribution >= 0.6 is 11.3 Å². The van der Waals surface area contributed by atoms with Crippen LogP contribution in [0, 0.1) is 12.7 Å². The molecule has 3 heterocycles. The van der Waals surface area contributed by atoms with Crippen molar-refractivity contribution in [2.45, 2.75) is 19.8 Å². The van der Waals surface area contributed by atoms with Gasteiger partial charge >= 0.3 is 0 Å². The van der Waals surface area contributed by atoms with Gasteiger partial charge in [0.15, 0.2) is 5.13 Å². The number of rotatable bonds is 4. The van der Waals surface area contributed by atoms with E-state index in [1.165, 1.54) is 36.3 Å². The Labute approximate surface area is 160 Å². The Hall–Kier alpha value is -2.80. The van der Waals surface area contributed by atoms with Crippen LogP contribution in [-0.2, 0) is 0 Å². The average Bonchev–Trinajstić information content (AvgIpc) is 3.33. The predicted octanol–water partition coefficient (Wildman–Crippen LogP) is 4.51. The van der Waals surface area contributed by atoms with E-state index in [-0.39, 0.29) is 11.7 Å². The van der Waals surface area contributed by atoms with Crippen LogP contribution in [-0.4, -0.2) is 29.0 Å². The minimum absolute atomic E-state index is 0.282. The van der Waals surface area contributed by atoms with Crippen molar-refractivity contribution in [2.24, 2.45) is 0 Å². The monoisotopic (exact) mass is 382 g/mol. The van der Waals surface area contributed by atoms with E-state index in [0.717, 1.165) is 34.9 Å². The molecule has 0 bridgehead atoms. The summed E-state index contributed by atoms with van der Waals surface area (Å²) in [6, 6.07) is 9.93. The van der Waals surface area contributed by atoms with Crippen molar-refractivity contribution >= 4 is 28.1 Å². The molecule has 0 aliphatic carbocycles. The predicted molar refractivity (Wildman–Crippen MR) is 106 cm³/mol. The first-order valence-electron chi connectivity index (χ1n) is 8.86. The summed E-state index contributed by atoms with van der Waals surface area (Å²) in [7, 11) is 0. The summed E-state index contributed by atoms with van der Waals surface area (Å²) in [6.07, 6.45) is 4.02. The van der Waals surface area contributed by atoms with Gasteiger partial charge in [-0.05, 0) is 56.2 Å². The number of anilines is 2. The summed E-state index contributed by atoms with van der Waals surface area (Å²) < 4.78 is 13.1. The van der Waals surface area contributed by atoms with Gasteiger partial charge in [-0.25, -0.2) is 9.37 Å². The van der Waals surface area contributed by atoms with E-state index in [4.69, 9.17) is 0 Å². The Kier molecular flexibility index (Phi) is 4.85. The molecule has 0 spiro atoms. The van der Waals surface area contributed by atoms with E-state index < -0.39 is 0 Å². The smallest absolute Gasteiger partial charge is 0.276 e. The van der Waals surface area contributed by atoms with E-state index in [0.29, 0.717) is 10.8 Å². The molecule has 1 aliphatic rings. The molecular formula is C20H19FN4OS. The minimum atomic E-state index is -0.288. The van der Waals surface area contributed by atoms with Crippen LogP contribution in [0.3, 0.4) is 0 Å². The molecule has 0 saturated carbocycles. The average molecular weight is 382 g/mol. The maximum atomic E-state index is 13.1. The molecule has 1 amide bonds. The summed E-state index contributed by atoms with van der Waals surface area (Å²) in [5.74, 6) is -0.570. The summed E-state index contributed by atoms with van der Waals surface area (Å²) >= 11 is 1.39. The highest BCUT2D eigenvalue weighted by Gasteiger charge is 2.17. The van der Waals surface area contributed by atoms with Gasteiger partial charge in [-0.2, -0.15) is 0 Å². The van der Waals surface area contributed by atoms with Crippen LogP contribution < -0.4 is 10.2 Å². The maximum absolute atomic E-state index is 13.1. The number of thiazole rings is 1. The second-order valence-electron chi connectivity index (χ2n) is 6.48. The number of carbonyl (C=O) groups is 1. The standard InChI is InChI=1S/C20H19FN4OS/c1-13-18(14-4-6-15(21)7-5-14)23-20(27-13)24-19(26)17-12-16(8-9-22-17)25-10-2-3-11-25/h4-9,12H,2-3,10-11H2,1H3,(H,23,24,26). The Morgan fingerprint density at radius 3 is 2.67 bits per heavy atom. The van der Waals surface area contributed by atoms with E-state index in [1.807, 2.05) is 19.1 Å². The lowest BCUT2D eigenvalue weighted by atomic mass is 10.1. The third kappa shape index (κ3) is 3.83. The molecule has 27 heavy (non-hydrogen) atoms. The van der Waals surface area contributed by atoms with Gasteiger partial charge in [0.25, 0.3) is 5.91 Å². The van der Waals surface area contributed by atoms with E-state index in [2.05, 4.69) is 20.2 Å². The summed E-state index contributed by atoms with van der Waals surface area (Å²) in [4.78, 5) is 24.5. The summed E-state index contributed by atoms with van der Waals surface area (Å²) in [5.41, 5.74) is 2.96. The molecule has 1 N–H and O–H groups in total. The fraction of sp³-hybridized carbons (Fsp3) is 0.250. The molecule has 1 aromatic carbocycles. The van der Waals surface area contributed by atoms with E-state index in [1.54, 1.807) is 18.3 Å². The minimum Gasteiger partial charge on any atom is -0.371 e. The maximum Gasteiger partial charge on any atom is 0.276 e. The number of aromatic nitrogens is 2. The molecule has 0 atom stereocenters. The number of hydrogen-bond acceptors (Lipinski definition) is 5. The van der Waals surface area contributed by atoms with Gasteiger partial charge in [-0.1, -0.05) is 0 Å². The Bertz CT molecular complexity index is 964. The second-order valence-corrected chi connectivity index (χ2v) is 7.68. The van der Waals surface area contributed by atoms with Crippen molar-refractivity contribution in [3.8, 4) is 11.3 Å². The first-order valence-corrected chi connectivity index (χ1v) is 9.67. The number of amides is 1. The Morgan fingerprint density at radius 2 is 1.93 bits per heavy atom. The lowest BCUT2D eigenvalue weighted by Crippen LogP contribution is -2.19. The van der Waals surface area contributed by atoms with Gasteiger partial charge in [0.1, 0.15) is 11.5 Å². The van der Waals surface area contributed by atoms with Crippen molar-refractivity contribution < 1.29 is 9.18 Å². The van der Waals surface area contributed by atoms with E-state index >= 15 is 0 Å². The number of nitrogens with one attached hydrogen (secondary N) is 1. The number of carbonyl (C=O) groups excluding carboxylic acids is 1. The van der Waals surface area contributed by atoms with Gasteiger partial charge in [0, 0.05) is 35.4 Å². The van der Waals surface area contributed by atoms with Gasteiger partial charge in [0.2, 0.25) is 0 Å². The largest absolute Gasteiger partial charge is 0.371 e. The van der Waals surface area contributed by atoms with Gasteiger partial charge in [0.05, 0.1) is 5.69 Å². The number of aryl methyl sites for hydroxylation is 1. The van der Waals surface area contributed by atoms with E-state index in [9.17, 15) is 9.18 Å². The number of hydrogen-bond donors (Lipinski definition) is 1. The van der Waals surface area contributed by atoms with Crippen LogP contribution in [0.25, 0.3) is 11.3 Å². The molecule has 0 radical (unpaired) electrons. The van der Waals surface area contributed by atoms with Crippen molar-refractivity contribution in [3.05, 3.63) is 59.0 Å². The SMILES string of the molecule is Cc1sc(NC(=O)c2cc(N3CCCC3)ccn2)nc1-c1ccc(F)cc1. The Morgan fingerprint density at radius 1 is 1.19 bits per heavy atom. The molecule has 0 unspecified atom stereocenters. The van der Waals surface area contributed by atoms with Crippen LogP contribution in [0.4, 0.5) is 15.2 Å². The van der Waals surface area contributed by atoms with Crippen LogP contribution in [0.15, 0.2) is 42.6 Å². The number of pyridine rings is 1.